The SMILES string of the molecule is COCCN(C(C)C)C1(CN)CCN(C)CC1. The monoisotopic (exact) mass is 243 g/mol. The van der Waals surface area contributed by atoms with Crippen molar-refractivity contribution < 1.29 is 4.74 Å². The Kier molecular flexibility index (Phi) is 5.86. The Morgan fingerprint density at radius 3 is 2.35 bits per heavy atom. The molecule has 1 aliphatic heterocycles. The highest BCUT2D eigenvalue weighted by Crippen LogP contribution is 2.29. The predicted octanol–water partition coefficient (Wildman–Crippen LogP) is 0.766. The van der Waals surface area contributed by atoms with E-state index in [4.69, 9.17) is 10.5 Å². The van der Waals surface area contributed by atoms with Crippen LogP contribution in [0.5, 0.6) is 0 Å². The summed E-state index contributed by atoms with van der Waals surface area (Å²) in [5.41, 5.74) is 6.27. The zero-order valence-electron chi connectivity index (χ0n) is 11.9. The number of nitrogens with two attached hydrogens (primary N) is 1. The first kappa shape index (κ1) is 14.9. The molecule has 1 saturated heterocycles. The molecule has 0 unspecified atom stereocenters. The summed E-state index contributed by atoms with van der Waals surface area (Å²) in [7, 11) is 3.96. The molecule has 1 heterocycles. The van der Waals surface area contributed by atoms with Gasteiger partial charge >= 0.3 is 0 Å². The Bertz CT molecular complexity index is 213. The molecule has 1 rings (SSSR count). The van der Waals surface area contributed by atoms with Gasteiger partial charge < -0.3 is 15.4 Å². The van der Waals surface area contributed by atoms with Crippen LogP contribution in [0.1, 0.15) is 26.7 Å². The maximum Gasteiger partial charge on any atom is 0.0590 e. The summed E-state index contributed by atoms with van der Waals surface area (Å²) in [5, 5.41) is 0. The van der Waals surface area contributed by atoms with Crippen LogP contribution in [0.2, 0.25) is 0 Å². The molecule has 17 heavy (non-hydrogen) atoms. The predicted molar refractivity (Wildman–Crippen MR) is 72.2 cm³/mol. The van der Waals surface area contributed by atoms with Gasteiger partial charge in [0.2, 0.25) is 0 Å². The minimum absolute atomic E-state index is 0.180. The number of ether oxygens (including phenoxy) is 1. The molecule has 0 aliphatic carbocycles. The highest BCUT2D eigenvalue weighted by Gasteiger charge is 2.38. The third-order valence-corrected chi connectivity index (χ3v) is 4.07. The Hall–Kier alpha value is -0.160. The zero-order chi connectivity index (χ0) is 12.9. The van der Waals surface area contributed by atoms with E-state index < -0.39 is 0 Å². The van der Waals surface area contributed by atoms with Crippen LogP contribution in [0.25, 0.3) is 0 Å². The Morgan fingerprint density at radius 1 is 1.35 bits per heavy atom. The number of methoxy groups -OCH3 is 1. The second-order valence-corrected chi connectivity index (χ2v) is 5.51. The molecule has 0 amide bonds. The van der Waals surface area contributed by atoms with Crippen molar-refractivity contribution in [2.45, 2.75) is 38.3 Å². The topological polar surface area (TPSA) is 41.7 Å². The van der Waals surface area contributed by atoms with Crippen molar-refractivity contribution in [1.82, 2.24) is 9.80 Å². The van der Waals surface area contributed by atoms with E-state index in [0.29, 0.717) is 6.04 Å². The van der Waals surface area contributed by atoms with Crippen molar-refractivity contribution in [2.24, 2.45) is 5.73 Å². The Morgan fingerprint density at radius 2 is 1.94 bits per heavy atom. The largest absolute Gasteiger partial charge is 0.383 e. The van der Waals surface area contributed by atoms with Crippen molar-refractivity contribution in [2.75, 3.05) is 46.9 Å². The van der Waals surface area contributed by atoms with Crippen LogP contribution in [-0.2, 0) is 4.74 Å². The Balaban J connectivity index is 2.72. The molecule has 0 spiro atoms. The van der Waals surface area contributed by atoms with E-state index in [-0.39, 0.29) is 5.54 Å². The van der Waals surface area contributed by atoms with Gasteiger partial charge in [-0.3, -0.25) is 4.90 Å². The lowest BCUT2D eigenvalue weighted by molar-refractivity contribution is -0.00425. The third kappa shape index (κ3) is 3.65. The summed E-state index contributed by atoms with van der Waals surface area (Å²) < 4.78 is 5.23. The van der Waals surface area contributed by atoms with E-state index in [1.165, 1.54) is 12.8 Å². The van der Waals surface area contributed by atoms with Crippen LogP contribution in [0.15, 0.2) is 0 Å². The summed E-state index contributed by atoms with van der Waals surface area (Å²) >= 11 is 0. The van der Waals surface area contributed by atoms with Crippen LogP contribution >= 0.6 is 0 Å². The van der Waals surface area contributed by atoms with Crippen LogP contribution in [0, 0.1) is 0 Å². The summed E-state index contributed by atoms with van der Waals surface area (Å²) in [6, 6.07) is 0.525. The number of rotatable bonds is 6. The maximum absolute atomic E-state index is 6.09. The van der Waals surface area contributed by atoms with Gasteiger partial charge in [0.05, 0.1) is 6.61 Å². The van der Waals surface area contributed by atoms with Crippen molar-refractivity contribution in [3.8, 4) is 0 Å². The molecule has 0 radical (unpaired) electrons. The molecule has 1 aliphatic rings. The first-order valence-electron chi connectivity index (χ1n) is 6.70. The molecule has 0 aromatic rings. The van der Waals surface area contributed by atoms with Crippen LogP contribution in [0.3, 0.4) is 0 Å². The zero-order valence-corrected chi connectivity index (χ0v) is 11.9. The lowest BCUT2D eigenvalue weighted by Gasteiger charge is -2.49. The molecule has 4 heteroatoms. The standard InChI is InChI=1S/C13H29N3O/c1-12(2)16(9-10-17-4)13(11-14)5-7-15(3)8-6-13/h12H,5-11,14H2,1-4H3. The summed E-state index contributed by atoms with van der Waals surface area (Å²) in [4.78, 5) is 4.94. The number of hydrogen-bond acceptors (Lipinski definition) is 4. The summed E-state index contributed by atoms with van der Waals surface area (Å²) in [6.07, 6.45) is 2.34. The van der Waals surface area contributed by atoms with E-state index >= 15 is 0 Å². The second-order valence-electron chi connectivity index (χ2n) is 5.51. The van der Waals surface area contributed by atoms with E-state index in [2.05, 4.69) is 30.7 Å². The van der Waals surface area contributed by atoms with Gasteiger partial charge in [-0.15, -0.1) is 0 Å². The lowest BCUT2D eigenvalue weighted by atomic mass is 9.84. The normalized spacial score (nSPS) is 21.4. The molecule has 102 valence electrons. The van der Waals surface area contributed by atoms with Gasteiger partial charge in [0, 0.05) is 31.8 Å². The fourth-order valence-corrected chi connectivity index (χ4v) is 2.88. The van der Waals surface area contributed by atoms with Crippen molar-refractivity contribution in [3.05, 3.63) is 0 Å². The number of hydrogen-bond donors (Lipinski definition) is 1. The number of likely N-dealkylation sites (tertiary alicyclic amines) is 1. The maximum atomic E-state index is 6.09. The molecular weight excluding hydrogens is 214 g/mol. The van der Waals surface area contributed by atoms with Crippen molar-refractivity contribution >= 4 is 0 Å². The molecule has 2 N–H and O–H groups in total. The molecule has 0 aromatic carbocycles. The van der Waals surface area contributed by atoms with Gasteiger partial charge in [0.25, 0.3) is 0 Å². The summed E-state index contributed by atoms with van der Waals surface area (Å²) in [6.45, 7) is 9.32. The number of piperidine rings is 1. The fraction of sp³-hybridized carbons (Fsp3) is 1.00. The third-order valence-electron chi connectivity index (χ3n) is 4.07. The minimum atomic E-state index is 0.180. The second kappa shape index (κ2) is 6.69. The van der Waals surface area contributed by atoms with Gasteiger partial charge in [-0.2, -0.15) is 0 Å². The molecular formula is C13H29N3O. The average molecular weight is 243 g/mol. The molecule has 0 bridgehead atoms. The van der Waals surface area contributed by atoms with Gasteiger partial charge in [0.15, 0.2) is 0 Å². The first-order valence-corrected chi connectivity index (χ1v) is 6.70. The molecule has 4 nitrogen and oxygen atoms in total. The quantitative estimate of drug-likeness (QED) is 0.748. The van der Waals surface area contributed by atoms with Gasteiger partial charge in [-0.1, -0.05) is 0 Å². The van der Waals surface area contributed by atoms with Crippen LogP contribution in [0.4, 0.5) is 0 Å². The molecule has 1 fully saturated rings. The summed E-state index contributed by atoms with van der Waals surface area (Å²) in [5.74, 6) is 0. The van der Waals surface area contributed by atoms with E-state index in [0.717, 1.165) is 32.8 Å². The van der Waals surface area contributed by atoms with E-state index in [9.17, 15) is 0 Å². The van der Waals surface area contributed by atoms with Crippen LogP contribution in [-0.4, -0.2) is 68.3 Å². The first-order chi connectivity index (χ1) is 8.05. The van der Waals surface area contributed by atoms with E-state index in [1.54, 1.807) is 7.11 Å². The van der Waals surface area contributed by atoms with Gasteiger partial charge in [-0.05, 0) is 46.8 Å². The van der Waals surface area contributed by atoms with E-state index in [1.807, 2.05) is 0 Å². The highest BCUT2D eigenvalue weighted by molar-refractivity contribution is 4.97. The van der Waals surface area contributed by atoms with Gasteiger partial charge in [0.1, 0.15) is 0 Å². The smallest absolute Gasteiger partial charge is 0.0590 e. The molecule has 0 saturated carbocycles. The number of nitrogens with zero attached hydrogens (tertiary/aromatic N) is 2. The highest BCUT2D eigenvalue weighted by atomic mass is 16.5. The van der Waals surface area contributed by atoms with Crippen LogP contribution < -0.4 is 5.73 Å². The fourth-order valence-electron chi connectivity index (χ4n) is 2.88. The van der Waals surface area contributed by atoms with Crippen molar-refractivity contribution in [1.29, 1.82) is 0 Å². The van der Waals surface area contributed by atoms with Gasteiger partial charge in [-0.25, -0.2) is 0 Å². The molecule has 0 aromatic heterocycles. The minimum Gasteiger partial charge on any atom is -0.383 e. The lowest BCUT2D eigenvalue weighted by Crippen LogP contribution is -2.61. The average Bonchev–Trinajstić information content (AvgIpc) is 2.32. The Labute approximate surface area is 106 Å². The molecule has 0 atom stereocenters. The van der Waals surface area contributed by atoms with Crippen molar-refractivity contribution in [3.63, 3.8) is 0 Å².